The van der Waals surface area contributed by atoms with E-state index in [0.717, 1.165) is 38.0 Å². The first kappa shape index (κ1) is 15.3. The van der Waals surface area contributed by atoms with Gasteiger partial charge in [0.15, 0.2) is 0 Å². The number of hydrogen-bond donors (Lipinski definition) is 1. The van der Waals surface area contributed by atoms with Crippen LogP contribution in [0, 0.1) is 6.92 Å². The summed E-state index contributed by atoms with van der Waals surface area (Å²) in [7, 11) is 0. The van der Waals surface area contributed by atoms with E-state index in [9.17, 15) is 4.79 Å². The van der Waals surface area contributed by atoms with Gasteiger partial charge >= 0.3 is 0 Å². The van der Waals surface area contributed by atoms with Gasteiger partial charge in [-0.2, -0.15) is 0 Å². The van der Waals surface area contributed by atoms with E-state index in [1.807, 2.05) is 19.1 Å². The van der Waals surface area contributed by atoms with Gasteiger partial charge in [0.25, 0.3) is 5.91 Å². The van der Waals surface area contributed by atoms with Crippen LogP contribution in [-0.4, -0.2) is 36.0 Å². The Morgan fingerprint density at radius 2 is 2.05 bits per heavy atom. The molecule has 1 aromatic carbocycles. The number of carbonyl (C=O) groups excluding carboxylic acids is 1. The van der Waals surface area contributed by atoms with E-state index in [4.69, 9.17) is 11.6 Å². The summed E-state index contributed by atoms with van der Waals surface area (Å²) in [5.74, 6) is -0.0550. The molecule has 1 N–H and O–H groups in total. The number of nitrogens with zero attached hydrogens (tertiary/aromatic N) is 1. The molecule has 1 aromatic rings. The van der Waals surface area contributed by atoms with Crippen molar-refractivity contribution >= 4 is 17.5 Å². The van der Waals surface area contributed by atoms with Gasteiger partial charge < -0.3 is 10.2 Å². The number of halogens is 1. The highest BCUT2D eigenvalue weighted by Crippen LogP contribution is 2.24. The molecule has 1 aliphatic rings. The SMILES string of the molecule is CCN1CCC(C)(NC(=O)c2c(C)cccc2Cl)CC1. The fourth-order valence-electron chi connectivity index (χ4n) is 2.74. The van der Waals surface area contributed by atoms with Crippen molar-refractivity contribution in [2.45, 2.75) is 39.2 Å². The third-order valence-electron chi connectivity index (χ3n) is 4.27. The summed E-state index contributed by atoms with van der Waals surface area (Å²) in [6.45, 7) is 9.37. The first-order valence-electron chi connectivity index (χ1n) is 7.25. The molecule has 0 spiro atoms. The van der Waals surface area contributed by atoms with Crippen LogP contribution in [0.1, 0.15) is 42.6 Å². The standard InChI is InChI=1S/C16H23ClN2O/c1-4-19-10-8-16(3,9-11-19)18-15(20)14-12(2)6-5-7-13(14)17/h5-7H,4,8-11H2,1-3H3,(H,18,20). The highest BCUT2D eigenvalue weighted by atomic mass is 35.5. The summed E-state index contributed by atoms with van der Waals surface area (Å²) < 4.78 is 0. The minimum atomic E-state index is -0.131. The number of rotatable bonds is 3. The maximum absolute atomic E-state index is 12.5. The highest BCUT2D eigenvalue weighted by molar-refractivity contribution is 6.34. The van der Waals surface area contributed by atoms with Gasteiger partial charge in [0.2, 0.25) is 0 Å². The molecule has 0 saturated carbocycles. The monoisotopic (exact) mass is 294 g/mol. The molecule has 1 heterocycles. The maximum atomic E-state index is 12.5. The molecular weight excluding hydrogens is 272 g/mol. The van der Waals surface area contributed by atoms with Crippen LogP contribution in [0.15, 0.2) is 18.2 Å². The van der Waals surface area contributed by atoms with Crippen LogP contribution < -0.4 is 5.32 Å². The van der Waals surface area contributed by atoms with Gasteiger partial charge in [0.1, 0.15) is 0 Å². The molecule has 110 valence electrons. The van der Waals surface area contributed by atoms with E-state index in [1.165, 1.54) is 0 Å². The minimum absolute atomic E-state index is 0.0550. The Morgan fingerprint density at radius 3 is 2.60 bits per heavy atom. The van der Waals surface area contributed by atoms with E-state index < -0.39 is 0 Å². The van der Waals surface area contributed by atoms with E-state index in [0.29, 0.717) is 10.6 Å². The third kappa shape index (κ3) is 3.33. The van der Waals surface area contributed by atoms with Gasteiger partial charge in [-0.15, -0.1) is 0 Å². The molecule has 1 fully saturated rings. The molecule has 0 unspecified atom stereocenters. The summed E-state index contributed by atoms with van der Waals surface area (Å²) in [6, 6.07) is 5.56. The third-order valence-corrected chi connectivity index (χ3v) is 4.59. The van der Waals surface area contributed by atoms with Crippen LogP contribution in [0.4, 0.5) is 0 Å². The lowest BCUT2D eigenvalue weighted by molar-refractivity contribution is 0.0838. The van der Waals surface area contributed by atoms with Crippen molar-refractivity contribution in [1.29, 1.82) is 0 Å². The van der Waals surface area contributed by atoms with Crippen molar-refractivity contribution in [2.75, 3.05) is 19.6 Å². The highest BCUT2D eigenvalue weighted by Gasteiger charge is 2.31. The fourth-order valence-corrected chi connectivity index (χ4v) is 3.05. The van der Waals surface area contributed by atoms with Gasteiger partial charge in [0, 0.05) is 18.6 Å². The molecule has 2 rings (SSSR count). The van der Waals surface area contributed by atoms with Crippen LogP contribution >= 0.6 is 11.6 Å². The number of carbonyl (C=O) groups is 1. The van der Waals surface area contributed by atoms with Crippen molar-refractivity contribution in [3.05, 3.63) is 34.3 Å². The smallest absolute Gasteiger partial charge is 0.253 e. The Hall–Kier alpha value is -1.06. The summed E-state index contributed by atoms with van der Waals surface area (Å²) >= 11 is 6.16. The zero-order chi connectivity index (χ0) is 14.8. The van der Waals surface area contributed by atoms with Gasteiger partial charge in [-0.25, -0.2) is 0 Å². The Labute approximate surface area is 126 Å². The zero-order valence-corrected chi connectivity index (χ0v) is 13.3. The summed E-state index contributed by atoms with van der Waals surface area (Å²) in [6.07, 6.45) is 1.96. The topological polar surface area (TPSA) is 32.3 Å². The molecule has 20 heavy (non-hydrogen) atoms. The average Bonchev–Trinajstić information content (AvgIpc) is 2.39. The number of amides is 1. The van der Waals surface area contributed by atoms with Crippen molar-refractivity contribution in [2.24, 2.45) is 0 Å². The van der Waals surface area contributed by atoms with E-state index in [-0.39, 0.29) is 11.4 Å². The predicted octanol–water partition coefficient (Wildman–Crippen LogP) is 3.25. The summed E-state index contributed by atoms with van der Waals surface area (Å²) in [5, 5.41) is 3.71. The lowest BCUT2D eigenvalue weighted by Crippen LogP contribution is -2.53. The number of hydrogen-bond acceptors (Lipinski definition) is 2. The fraction of sp³-hybridized carbons (Fsp3) is 0.562. The number of benzene rings is 1. The number of piperidine rings is 1. The molecule has 1 aliphatic heterocycles. The Kier molecular flexibility index (Phi) is 4.71. The normalized spacial score (nSPS) is 18.8. The lowest BCUT2D eigenvalue weighted by Gasteiger charge is -2.39. The first-order valence-corrected chi connectivity index (χ1v) is 7.63. The molecule has 3 nitrogen and oxygen atoms in total. The van der Waals surface area contributed by atoms with Crippen LogP contribution in [0.25, 0.3) is 0 Å². The lowest BCUT2D eigenvalue weighted by atomic mass is 9.89. The molecule has 1 amide bonds. The van der Waals surface area contributed by atoms with Crippen molar-refractivity contribution < 1.29 is 4.79 Å². The van der Waals surface area contributed by atoms with E-state index in [2.05, 4.69) is 24.1 Å². The average molecular weight is 295 g/mol. The molecular formula is C16H23ClN2O. The maximum Gasteiger partial charge on any atom is 0.253 e. The molecule has 0 atom stereocenters. The largest absolute Gasteiger partial charge is 0.347 e. The van der Waals surface area contributed by atoms with Crippen molar-refractivity contribution in [1.82, 2.24) is 10.2 Å². The molecule has 0 aromatic heterocycles. The minimum Gasteiger partial charge on any atom is -0.347 e. The molecule has 0 radical (unpaired) electrons. The van der Waals surface area contributed by atoms with Crippen LogP contribution in [0.5, 0.6) is 0 Å². The van der Waals surface area contributed by atoms with E-state index in [1.54, 1.807) is 6.07 Å². The molecule has 4 heteroatoms. The number of aryl methyl sites for hydroxylation is 1. The van der Waals surface area contributed by atoms with Crippen molar-refractivity contribution in [3.8, 4) is 0 Å². The van der Waals surface area contributed by atoms with Crippen LogP contribution in [0.2, 0.25) is 5.02 Å². The quantitative estimate of drug-likeness (QED) is 0.928. The van der Waals surface area contributed by atoms with Gasteiger partial charge in [-0.05, 0) is 44.9 Å². The second-order valence-electron chi connectivity index (χ2n) is 5.88. The van der Waals surface area contributed by atoms with Gasteiger partial charge in [-0.1, -0.05) is 30.7 Å². The van der Waals surface area contributed by atoms with Crippen molar-refractivity contribution in [3.63, 3.8) is 0 Å². The predicted molar refractivity (Wildman–Crippen MR) is 83.4 cm³/mol. The molecule has 1 saturated heterocycles. The molecule has 0 bridgehead atoms. The van der Waals surface area contributed by atoms with E-state index >= 15 is 0 Å². The van der Waals surface area contributed by atoms with Crippen LogP contribution in [0.3, 0.4) is 0 Å². The molecule has 0 aliphatic carbocycles. The second kappa shape index (κ2) is 6.15. The summed E-state index contributed by atoms with van der Waals surface area (Å²) in [5.41, 5.74) is 1.40. The Bertz CT molecular complexity index is 473. The van der Waals surface area contributed by atoms with Gasteiger partial charge in [0.05, 0.1) is 10.6 Å². The first-order chi connectivity index (χ1) is 9.45. The zero-order valence-electron chi connectivity index (χ0n) is 12.5. The number of nitrogens with one attached hydrogen (secondary N) is 1. The van der Waals surface area contributed by atoms with Gasteiger partial charge in [-0.3, -0.25) is 4.79 Å². The summed E-state index contributed by atoms with van der Waals surface area (Å²) in [4.78, 5) is 14.9. The Balaban J connectivity index is 2.08. The number of likely N-dealkylation sites (tertiary alicyclic amines) is 1. The Morgan fingerprint density at radius 1 is 1.40 bits per heavy atom. The second-order valence-corrected chi connectivity index (χ2v) is 6.29. The van der Waals surface area contributed by atoms with Crippen LogP contribution in [-0.2, 0) is 0 Å².